The van der Waals surface area contributed by atoms with E-state index in [1.165, 1.54) is 12.2 Å². The van der Waals surface area contributed by atoms with E-state index in [2.05, 4.69) is 6.58 Å². The van der Waals surface area contributed by atoms with E-state index in [0.717, 1.165) is 6.08 Å². The zero-order chi connectivity index (χ0) is 11.0. The monoisotopic (exact) mass is 194 g/mol. The molecule has 0 amide bonds. The van der Waals surface area contributed by atoms with Gasteiger partial charge >= 0.3 is 11.9 Å². The number of hydrogen-bond donors (Lipinski definition) is 2. The molecule has 0 aliphatic heterocycles. The molecular weight excluding hydrogens is 184 g/mol. The van der Waals surface area contributed by atoms with E-state index in [4.69, 9.17) is 10.2 Å². The Kier molecular flexibility index (Phi) is 5.46. The first kappa shape index (κ1) is 11.9. The zero-order valence-electron chi connectivity index (χ0n) is 7.38. The van der Waals surface area contributed by atoms with Crippen LogP contribution in [0.1, 0.15) is 0 Å². The van der Waals surface area contributed by atoms with Gasteiger partial charge in [-0.05, 0) is 6.08 Å². The van der Waals surface area contributed by atoms with Crippen LogP contribution in [0.5, 0.6) is 0 Å². The summed E-state index contributed by atoms with van der Waals surface area (Å²) >= 11 is 0. The number of hydrogen-bond acceptors (Lipinski definition) is 2. The van der Waals surface area contributed by atoms with Gasteiger partial charge in [0.25, 0.3) is 0 Å². The molecule has 0 bridgehead atoms. The fraction of sp³-hybridized carbons (Fsp3) is 0. The second-order valence-corrected chi connectivity index (χ2v) is 2.20. The number of carbonyl (C=O) groups is 2. The van der Waals surface area contributed by atoms with E-state index in [1.54, 1.807) is 18.2 Å². The molecule has 0 saturated carbocycles. The third kappa shape index (κ3) is 4.71. The molecule has 0 spiro atoms. The van der Waals surface area contributed by atoms with Gasteiger partial charge in [0.05, 0.1) is 0 Å². The van der Waals surface area contributed by atoms with Crippen molar-refractivity contribution in [1.29, 1.82) is 0 Å². The lowest BCUT2D eigenvalue weighted by Crippen LogP contribution is -2.10. The Morgan fingerprint density at radius 1 is 0.929 bits per heavy atom. The minimum absolute atomic E-state index is 0.673. The van der Waals surface area contributed by atoms with Crippen LogP contribution in [0, 0.1) is 0 Å². The summed E-state index contributed by atoms with van der Waals surface area (Å²) < 4.78 is 0. The molecule has 0 fully saturated rings. The Labute approximate surface area is 81.2 Å². The second kappa shape index (κ2) is 6.42. The maximum Gasteiger partial charge on any atom is 0.343 e. The lowest BCUT2D eigenvalue weighted by atomic mass is 10.2. The van der Waals surface area contributed by atoms with E-state index < -0.39 is 17.5 Å². The van der Waals surface area contributed by atoms with Gasteiger partial charge in [0.15, 0.2) is 0 Å². The average molecular weight is 194 g/mol. The Bertz CT molecular complexity index is 305. The van der Waals surface area contributed by atoms with Crippen molar-refractivity contribution in [1.82, 2.24) is 0 Å². The summed E-state index contributed by atoms with van der Waals surface area (Å²) in [6, 6.07) is 0. The van der Waals surface area contributed by atoms with Crippen molar-refractivity contribution in [3.8, 4) is 0 Å². The van der Waals surface area contributed by atoms with Gasteiger partial charge < -0.3 is 10.2 Å². The van der Waals surface area contributed by atoms with Crippen LogP contribution in [-0.2, 0) is 9.59 Å². The average Bonchev–Trinajstić information content (AvgIpc) is 2.09. The first-order chi connectivity index (χ1) is 6.59. The highest BCUT2D eigenvalue weighted by Crippen LogP contribution is 1.95. The fourth-order valence-corrected chi connectivity index (χ4v) is 0.593. The molecule has 0 aliphatic carbocycles. The summed E-state index contributed by atoms with van der Waals surface area (Å²) in [5.41, 5.74) is -0.673. The SMILES string of the molecule is C=CC=CC=CC=C(C(=O)O)C(=O)O. The number of carboxylic acids is 2. The minimum Gasteiger partial charge on any atom is -0.477 e. The Morgan fingerprint density at radius 3 is 1.86 bits per heavy atom. The first-order valence-corrected chi connectivity index (χ1v) is 3.72. The van der Waals surface area contributed by atoms with Crippen LogP contribution < -0.4 is 0 Å². The number of carboxylic acid groups (broad SMARTS) is 2. The van der Waals surface area contributed by atoms with Crippen LogP contribution in [0.15, 0.2) is 48.6 Å². The summed E-state index contributed by atoms with van der Waals surface area (Å²) in [7, 11) is 0. The smallest absolute Gasteiger partial charge is 0.343 e. The highest BCUT2D eigenvalue weighted by atomic mass is 16.4. The van der Waals surface area contributed by atoms with Crippen LogP contribution in [0.25, 0.3) is 0 Å². The van der Waals surface area contributed by atoms with Gasteiger partial charge in [-0.25, -0.2) is 9.59 Å². The van der Waals surface area contributed by atoms with Gasteiger partial charge in [0.2, 0.25) is 0 Å². The van der Waals surface area contributed by atoms with Crippen LogP contribution in [0.2, 0.25) is 0 Å². The standard InChI is InChI=1S/C10H10O4/c1-2-3-4-5-6-7-8(9(11)12)10(13)14/h2-7H,1H2,(H,11,12)(H,13,14). The van der Waals surface area contributed by atoms with Gasteiger partial charge in [0, 0.05) is 0 Å². The van der Waals surface area contributed by atoms with Gasteiger partial charge in [-0.15, -0.1) is 0 Å². The molecule has 0 unspecified atom stereocenters. The van der Waals surface area contributed by atoms with Crippen LogP contribution in [0.4, 0.5) is 0 Å². The van der Waals surface area contributed by atoms with Crippen molar-refractivity contribution in [2.24, 2.45) is 0 Å². The molecule has 0 aromatic carbocycles. The van der Waals surface area contributed by atoms with Gasteiger partial charge in [0.1, 0.15) is 5.57 Å². The molecule has 74 valence electrons. The van der Waals surface area contributed by atoms with Crippen molar-refractivity contribution in [3.05, 3.63) is 48.6 Å². The molecule has 0 atom stereocenters. The molecule has 0 saturated heterocycles. The van der Waals surface area contributed by atoms with Crippen molar-refractivity contribution < 1.29 is 19.8 Å². The Balaban J connectivity index is 4.53. The van der Waals surface area contributed by atoms with E-state index >= 15 is 0 Å². The zero-order valence-corrected chi connectivity index (χ0v) is 7.38. The van der Waals surface area contributed by atoms with Gasteiger partial charge in [-0.2, -0.15) is 0 Å². The van der Waals surface area contributed by atoms with Crippen molar-refractivity contribution >= 4 is 11.9 Å². The van der Waals surface area contributed by atoms with Gasteiger partial charge in [-0.3, -0.25) is 0 Å². The molecule has 4 heteroatoms. The summed E-state index contributed by atoms with van der Waals surface area (Å²) in [6.45, 7) is 3.43. The molecule has 2 N–H and O–H groups in total. The number of rotatable bonds is 5. The summed E-state index contributed by atoms with van der Waals surface area (Å²) in [6.07, 6.45) is 8.63. The van der Waals surface area contributed by atoms with Crippen molar-refractivity contribution in [2.45, 2.75) is 0 Å². The predicted molar refractivity (Wildman–Crippen MR) is 51.8 cm³/mol. The first-order valence-electron chi connectivity index (χ1n) is 3.72. The fourth-order valence-electron chi connectivity index (χ4n) is 0.593. The maximum absolute atomic E-state index is 10.3. The maximum atomic E-state index is 10.3. The molecule has 0 aliphatic rings. The Hall–Kier alpha value is -2.10. The molecule has 0 aromatic rings. The predicted octanol–water partition coefficient (Wildman–Crippen LogP) is 1.38. The normalized spacial score (nSPS) is 10.3. The molecule has 0 aromatic heterocycles. The Morgan fingerprint density at radius 2 is 1.43 bits per heavy atom. The summed E-state index contributed by atoms with van der Waals surface area (Å²) in [4.78, 5) is 20.7. The molecular formula is C10H10O4. The lowest BCUT2D eigenvalue weighted by molar-refractivity contribution is -0.140. The quantitative estimate of drug-likeness (QED) is 0.300. The van der Waals surface area contributed by atoms with E-state index in [-0.39, 0.29) is 0 Å². The second-order valence-electron chi connectivity index (χ2n) is 2.20. The molecule has 4 nitrogen and oxygen atoms in total. The molecule has 14 heavy (non-hydrogen) atoms. The highest BCUT2D eigenvalue weighted by Gasteiger charge is 2.13. The van der Waals surface area contributed by atoms with Crippen molar-refractivity contribution in [2.75, 3.05) is 0 Å². The van der Waals surface area contributed by atoms with Crippen LogP contribution >= 0.6 is 0 Å². The minimum atomic E-state index is -1.46. The molecule has 0 rings (SSSR count). The molecule has 0 heterocycles. The summed E-state index contributed by atoms with van der Waals surface area (Å²) in [5, 5.41) is 16.9. The number of allylic oxidation sites excluding steroid dienone is 6. The third-order valence-electron chi connectivity index (χ3n) is 1.19. The van der Waals surface area contributed by atoms with Crippen molar-refractivity contribution in [3.63, 3.8) is 0 Å². The van der Waals surface area contributed by atoms with E-state index in [9.17, 15) is 9.59 Å². The van der Waals surface area contributed by atoms with Crippen LogP contribution in [0.3, 0.4) is 0 Å². The third-order valence-corrected chi connectivity index (χ3v) is 1.19. The van der Waals surface area contributed by atoms with Gasteiger partial charge in [-0.1, -0.05) is 37.0 Å². The van der Waals surface area contributed by atoms with Crippen LogP contribution in [-0.4, -0.2) is 22.2 Å². The molecule has 0 radical (unpaired) electrons. The highest BCUT2D eigenvalue weighted by molar-refractivity contribution is 6.12. The number of aliphatic carboxylic acids is 2. The summed E-state index contributed by atoms with van der Waals surface area (Å²) in [5.74, 6) is -2.93. The largest absolute Gasteiger partial charge is 0.477 e. The van der Waals surface area contributed by atoms with E-state index in [0.29, 0.717) is 0 Å². The van der Waals surface area contributed by atoms with E-state index in [1.807, 2.05) is 0 Å². The topological polar surface area (TPSA) is 74.6 Å². The lowest BCUT2D eigenvalue weighted by Gasteiger charge is -1.90.